The summed E-state index contributed by atoms with van der Waals surface area (Å²) in [6.45, 7) is 7.17. The Morgan fingerprint density at radius 3 is 2.49 bits per heavy atom. The highest BCUT2D eigenvalue weighted by molar-refractivity contribution is 6.06. The van der Waals surface area contributed by atoms with Crippen molar-refractivity contribution in [1.29, 1.82) is 0 Å². The molecule has 7 nitrogen and oxygen atoms in total. The lowest BCUT2D eigenvalue weighted by molar-refractivity contribution is 0.0353. The average Bonchev–Trinajstić information content (AvgIpc) is 3.21. The highest BCUT2D eigenvalue weighted by Gasteiger charge is 2.42. The summed E-state index contributed by atoms with van der Waals surface area (Å²) in [4.78, 5) is 31.9. The summed E-state index contributed by atoms with van der Waals surface area (Å²) in [7, 11) is 0. The Labute approximate surface area is 215 Å². The SMILES string of the molecule is CCOc1ccc(C2c3c(oc4c(ccc5ccccc54)c3=O)C(=O)N2CCCN2CCOCC2)cc1. The minimum atomic E-state index is -0.505. The number of ether oxygens (including phenoxy) is 2. The minimum absolute atomic E-state index is 0.148. The summed E-state index contributed by atoms with van der Waals surface area (Å²) in [5.41, 5.74) is 1.61. The smallest absolute Gasteiger partial charge is 0.290 e. The zero-order chi connectivity index (χ0) is 25.4. The van der Waals surface area contributed by atoms with Crippen molar-refractivity contribution in [2.75, 3.05) is 46.0 Å². The molecular formula is C30H30N2O5. The third kappa shape index (κ3) is 4.28. The maximum absolute atomic E-state index is 13.9. The van der Waals surface area contributed by atoms with Gasteiger partial charge < -0.3 is 18.8 Å². The number of fused-ring (bicyclic) bond motifs is 4. The summed E-state index contributed by atoms with van der Waals surface area (Å²) in [5, 5.41) is 2.29. The molecule has 0 saturated carbocycles. The minimum Gasteiger partial charge on any atom is -0.494 e. The van der Waals surface area contributed by atoms with Crippen LogP contribution in [0.15, 0.2) is 69.9 Å². The molecule has 0 spiro atoms. The van der Waals surface area contributed by atoms with Crippen LogP contribution in [0.4, 0.5) is 0 Å². The largest absolute Gasteiger partial charge is 0.494 e. The Balaban J connectivity index is 1.42. The van der Waals surface area contributed by atoms with E-state index in [1.54, 1.807) is 4.90 Å². The molecule has 1 unspecified atom stereocenters. The Kier molecular flexibility index (Phi) is 6.40. The highest BCUT2D eigenvalue weighted by Crippen LogP contribution is 2.39. The Bertz CT molecular complexity index is 1500. The Morgan fingerprint density at radius 1 is 0.919 bits per heavy atom. The number of hydrogen-bond donors (Lipinski definition) is 0. The van der Waals surface area contributed by atoms with E-state index in [0.717, 1.165) is 61.4 Å². The number of morpholine rings is 1. The standard InChI is InChI=1S/C30H30N2O5/c1-2-36-22-11-8-21(9-12-22)26-25-27(33)24-13-10-20-6-3-4-7-23(20)28(24)37-29(25)30(34)32(26)15-5-14-31-16-18-35-19-17-31/h3-4,6-13,26H,2,5,14-19H2,1H3. The molecular weight excluding hydrogens is 468 g/mol. The van der Waals surface area contributed by atoms with Gasteiger partial charge in [-0.05, 0) is 42.5 Å². The van der Waals surface area contributed by atoms with E-state index in [1.165, 1.54) is 0 Å². The fourth-order valence-corrected chi connectivity index (χ4v) is 5.53. The molecule has 0 aliphatic carbocycles. The van der Waals surface area contributed by atoms with Gasteiger partial charge in [-0.3, -0.25) is 14.5 Å². The monoisotopic (exact) mass is 498 g/mol. The van der Waals surface area contributed by atoms with Gasteiger partial charge in [0.2, 0.25) is 5.76 Å². The van der Waals surface area contributed by atoms with Crippen molar-refractivity contribution >= 4 is 27.6 Å². The average molecular weight is 499 g/mol. The molecule has 4 aromatic rings. The maximum Gasteiger partial charge on any atom is 0.290 e. The number of benzene rings is 3. The molecule has 6 rings (SSSR count). The fraction of sp³-hybridized carbons (Fsp3) is 0.333. The van der Waals surface area contributed by atoms with Crippen LogP contribution in [0, 0.1) is 0 Å². The zero-order valence-corrected chi connectivity index (χ0v) is 20.9. The van der Waals surface area contributed by atoms with E-state index in [-0.39, 0.29) is 17.1 Å². The van der Waals surface area contributed by atoms with Crippen molar-refractivity contribution in [2.24, 2.45) is 0 Å². The Hall–Kier alpha value is -3.68. The second-order valence-electron chi connectivity index (χ2n) is 9.55. The van der Waals surface area contributed by atoms with Crippen LogP contribution in [0.25, 0.3) is 21.7 Å². The molecule has 3 heterocycles. The van der Waals surface area contributed by atoms with E-state index >= 15 is 0 Å². The van der Waals surface area contributed by atoms with Gasteiger partial charge in [-0.15, -0.1) is 0 Å². The van der Waals surface area contributed by atoms with E-state index < -0.39 is 6.04 Å². The first-order chi connectivity index (χ1) is 18.2. The first kappa shape index (κ1) is 23.7. The maximum atomic E-state index is 13.9. The highest BCUT2D eigenvalue weighted by atomic mass is 16.5. The summed E-state index contributed by atoms with van der Waals surface area (Å²) in [6, 6.07) is 18.7. The lowest BCUT2D eigenvalue weighted by Crippen LogP contribution is -2.38. The topological polar surface area (TPSA) is 72.2 Å². The quantitative estimate of drug-likeness (QED) is 0.347. The molecule has 1 aromatic heterocycles. The predicted octanol–water partition coefficient (Wildman–Crippen LogP) is 4.61. The van der Waals surface area contributed by atoms with E-state index in [4.69, 9.17) is 13.9 Å². The molecule has 1 saturated heterocycles. The van der Waals surface area contributed by atoms with Gasteiger partial charge in [0.1, 0.15) is 11.3 Å². The molecule has 190 valence electrons. The number of hydrogen-bond acceptors (Lipinski definition) is 6. The summed E-state index contributed by atoms with van der Waals surface area (Å²) in [5.74, 6) is 0.675. The van der Waals surface area contributed by atoms with Crippen LogP contribution in [-0.4, -0.2) is 61.7 Å². The molecule has 3 aromatic carbocycles. The van der Waals surface area contributed by atoms with Crippen LogP contribution < -0.4 is 10.2 Å². The molecule has 0 radical (unpaired) electrons. The van der Waals surface area contributed by atoms with Crippen molar-refractivity contribution in [2.45, 2.75) is 19.4 Å². The zero-order valence-electron chi connectivity index (χ0n) is 20.9. The van der Waals surface area contributed by atoms with Gasteiger partial charge in [0.25, 0.3) is 5.91 Å². The predicted molar refractivity (Wildman–Crippen MR) is 142 cm³/mol. The van der Waals surface area contributed by atoms with Crippen molar-refractivity contribution in [1.82, 2.24) is 9.80 Å². The van der Waals surface area contributed by atoms with Crippen LogP contribution in [0.5, 0.6) is 5.75 Å². The van der Waals surface area contributed by atoms with E-state index in [1.807, 2.05) is 67.6 Å². The van der Waals surface area contributed by atoms with Crippen molar-refractivity contribution in [3.8, 4) is 5.75 Å². The first-order valence-corrected chi connectivity index (χ1v) is 13.0. The lowest BCUT2D eigenvalue weighted by Gasteiger charge is -2.29. The van der Waals surface area contributed by atoms with E-state index in [9.17, 15) is 9.59 Å². The van der Waals surface area contributed by atoms with E-state index in [2.05, 4.69) is 4.90 Å². The number of rotatable bonds is 7. The number of carbonyl (C=O) groups is 1. The van der Waals surface area contributed by atoms with Crippen LogP contribution in [0.2, 0.25) is 0 Å². The van der Waals surface area contributed by atoms with Gasteiger partial charge in [0.15, 0.2) is 5.43 Å². The van der Waals surface area contributed by atoms with Crippen LogP contribution >= 0.6 is 0 Å². The third-order valence-corrected chi connectivity index (χ3v) is 7.34. The van der Waals surface area contributed by atoms with E-state index in [0.29, 0.717) is 29.7 Å². The number of carbonyl (C=O) groups excluding carboxylic acids is 1. The molecule has 1 fully saturated rings. The molecule has 37 heavy (non-hydrogen) atoms. The van der Waals surface area contributed by atoms with Crippen molar-refractivity contribution < 1.29 is 18.7 Å². The van der Waals surface area contributed by atoms with Crippen LogP contribution in [-0.2, 0) is 4.74 Å². The van der Waals surface area contributed by atoms with Gasteiger partial charge in [-0.1, -0.05) is 42.5 Å². The summed E-state index contributed by atoms with van der Waals surface area (Å²) >= 11 is 0. The van der Waals surface area contributed by atoms with Crippen LogP contribution in [0.1, 0.15) is 41.1 Å². The summed E-state index contributed by atoms with van der Waals surface area (Å²) in [6.07, 6.45) is 0.796. The third-order valence-electron chi connectivity index (χ3n) is 7.34. The number of amides is 1. The normalized spacial score (nSPS) is 18.0. The molecule has 1 amide bonds. The number of nitrogens with zero attached hydrogens (tertiary/aromatic N) is 2. The first-order valence-electron chi connectivity index (χ1n) is 13.0. The van der Waals surface area contributed by atoms with Crippen LogP contribution in [0.3, 0.4) is 0 Å². The second-order valence-corrected chi connectivity index (χ2v) is 9.55. The van der Waals surface area contributed by atoms with Gasteiger partial charge in [-0.2, -0.15) is 0 Å². The summed E-state index contributed by atoms with van der Waals surface area (Å²) < 4.78 is 17.4. The molecule has 7 heteroatoms. The fourth-order valence-electron chi connectivity index (χ4n) is 5.53. The van der Waals surface area contributed by atoms with Crippen molar-refractivity contribution in [3.05, 3.63) is 87.8 Å². The van der Waals surface area contributed by atoms with Gasteiger partial charge in [0, 0.05) is 31.6 Å². The molecule has 2 aliphatic rings. The van der Waals surface area contributed by atoms with Crippen molar-refractivity contribution in [3.63, 3.8) is 0 Å². The molecule has 0 N–H and O–H groups in total. The molecule has 2 aliphatic heterocycles. The molecule has 0 bridgehead atoms. The second kappa shape index (κ2) is 10.00. The molecule has 1 atom stereocenters. The lowest BCUT2D eigenvalue weighted by atomic mass is 9.97. The van der Waals surface area contributed by atoms with Gasteiger partial charge >= 0.3 is 0 Å². The Morgan fingerprint density at radius 2 is 1.70 bits per heavy atom. The van der Waals surface area contributed by atoms with Gasteiger partial charge in [0.05, 0.1) is 36.8 Å². The van der Waals surface area contributed by atoms with Gasteiger partial charge in [-0.25, -0.2) is 0 Å².